The second kappa shape index (κ2) is 6.06. The van der Waals surface area contributed by atoms with E-state index in [2.05, 4.69) is 34.1 Å². The first-order chi connectivity index (χ1) is 9.81. The minimum Gasteiger partial charge on any atom is -0.399 e. The summed E-state index contributed by atoms with van der Waals surface area (Å²) in [5.74, 6) is 0.631. The zero-order valence-corrected chi connectivity index (χ0v) is 11.7. The van der Waals surface area contributed by atoms with Crippen molar-refractivity contribution < 1.29 is 0 Å². The Morgan fingerprint density at radius 3 is 2.60 bits per heavy atom. The molecule has 1 atom stereocenters. The summed E-state index contributed by atoms with van der Waals surface area (Å²) in [5.41, 5.74) is 9.38. The summed E-state index contributed by atoms with van der Waals surface area (Å²) in [6.07, 6.45) is 6.28. The van der Waals surface area contributed by atoms with Crippen LogP contribution >= 0.6 is 0 Å². The Kier molecular flexibility index (Phi) is 3.97. The summed E-state index contributed by atoms with van der Waals surface area (Å²) in [6, 6.07) is 12.6. The first-order valence-corrected chi connectivity index (χ1v) is 7.28. The van der Waals surface area contributed by atoms with Crippen LogP contribution in [0, 0.1) is 0 Å². The smallest absolute Gasteiger partial charge is 0.0314 e. The summed E-state index contributed by atoms with van der Waals surface area (Å²) in [6.45, 7) is 3.34. The molecule has 0 bridgehead atoms. The van der Waals surface area contributed by atoms with Gasteiger partial charge in [0.25, 0.3) is 0 Å². The van der Waals surface area contributed by atoms with Gasteiger partial charge in [-0.15, -0.1) is 0 Å². The maximum Gasteiger partial charge on any atom is 0.0314 e. The highest BCUT2D eigenvalue weighted by Gasteiger charge is 2.21. The number of pyridine rings is 1. The van der Waals surface area contributed by atoms with Gasteiger partial charge in [-0.05, 0) is 60.7 Å². The Bertz CT molecular complexity index is 536. The fourth-order valence-electron chi connectivity index (χ4n) is 2.99. The highest BCUT2D eigenvalue weighted by atomic mass is 15.1. The Labute approximate surface area is 120 Å². The molecule has 1 aromatic carbocycles. The van der Waals surface area contributed by atoms with Crippen LogP contribution in [0.3, 0.4) is 0 Å². The van der Waals surface area contributed by atoms with E-state index in [1.807, 2.05) is 24.5 Å². The molecule has 3 nitrogen and oxygen atoms in total. The van der Waals surface area contributed by atoms with Crippen molar-refractivity contribution in [2.24, 2.45) is 0 Å². The number of anilines is 1. The van der Waals surface area contributed by atoms with E-state index in [0.717, 1.165) is 18.8 Å². The molecule has 1 aromatic heterocycles. The highest BCUT2D eigenvalue weighted by molar-refractivity contribution is 5.40. The van der Waals surface area contributed by atoms with Gasteiger partial charge < -0.3 is 5.73 Å². The maximum atomic E-state index is 5.77. The van der Waals surface area contributed by atoms with Gasteiger partial charge in [0.1, 0.15) is 0 Å². The van der Waals surface area contributed by atoms with Crippen LogP contribution in [0.15, 0.2) is 48.8 Å². The molecule has 3 rings (SSSR count). The number of nitrogen functional groups attached to an aromatic ring is 1. The summed E-state index contributed by atoms with van der Waals surface area (Å²) in [7, 11) is 0. The van der Waals surface area contributed by atoms with E-state index in [-0.39, 0.29) is 0 Å². The zero-order chi connectivity index (χ0) is 13.8. The average molecular weight is 267 g/mol. The quantitative estimate of drug-likeness (QED) is 0.869. The number of rotatable bonds is 3. The number of hydrogen-bond acceptors (Lipinski definition) is 3. The zero-order valence-electron chi connectivity index (χ0n) is 11.7. The van der Waals surface area contributed by atoms with Gasteiger partial charge in [0.15, 0.2) is 0 Å². The lowest BCUT2D eigenvalue weighted by Gasteiger charge is -2.33. The maximum absolute atomic E-state index is 5.77. The molecule has 0 aliphatic carbocycles. The molecule has 1 unspecified atom stereocenters. The monoisotopic (exact) mass is 267 g/mol. The van der Waals surface area contributed by atoms with Crippen molar-refractivity contribution in [1.29, 1.82) is 0 Å². The molecular formula is C17H21N3. The van der Waals surface area contributed by atoms with Gasteiger partial charge in [-0.2, -0.15) is 0 Å². The second-order valence-corrected chi connectivity index (χ2v) is 5.60. The molecule has 2 heterocycles. The van der Waals surface area contributed by atoms with Crippen molar-refractivity contribution in [2.45, 2.75) is 25.3 Å². The van der Waals surface area contributed by atoms with E-state index in [1.165, 1.54) is 30.5 Å². The molecule has 0 spiro atoms. The van der Waals surface area contributed by atoms with E-state index in [4.69, 9.17) is 5.73 Å². The number of nitrogens with two attached hydrogens (primary N) is 1. The predicted octanol–water partition coefficient (Wildman–Crippen LogP) is 3.04. The van der Waals surface area contributed by atoms with Gasteiger partial charge >= 0.3 is 0 Å². The van der Waals surface area contributed by atoms with E-state index in [1.54, 1.807) is 0 Å². The Morgan fingerprint density at radius 1 is 1.10 bits per heavy atom. The largest absolute Gasteiger partial charge is 0.399 e. The lowest BCUT2D eigenvalue weighted by molar-refractivity contribution is 0.200. The standard InChI is InChI=1S/C17H21N3/c18-17-5-3-15(4-6-17)16-2-1-11-20(13-16)12-14-7-9-19-10-8-14/h3-10,16H,1-2,11-13,18H2. The van der Waals surface area contributed by atoms with Crippen molar-refractivity contribution in [3.05, 3.63) is 59.9 Å². The lowest BCUT2D eigenvalue weighted by Crippen LogP contribution is -2.33. The van der Waals surface area contributed by atoms with Crippen molar-refractivity contribution in [2.75, 3.05) is 18.8 Å². The molecule has 1 aliphatic rings. The Hall–Kier alpha value is -1.87. The SMILES string of the molecule is Nc1ccc(C2CCCN(Cc3ccncc3)C2)cc1. The van der Waals surface area contributed by atoms with Crippen LogP contribution in [-0.4, -0.2) is 23.0 Å². The van der Waals surface area contributed by atoms with Gasteiger partial charge in [0, 0.05) is 31.2 Å². The molecule has 1 aliphatic heterocycles. The van der Waals surface area contributed by atoms with Gasteiger partial charge in [-0.25, -0.2) is 0 Å². The van der Waals surface area contributed by atoms with Crippen LogP contribution in [0.4, 0.5) is 5.69 Å². The van der Waals surface area contributed by atoms with Crippen LogP contribution in [0.1, 0.15) is 29.9 Å². The van der Waals surface area contributed by atoms with E-state index >= 15 is 0 Å². The molecule has 104 valence electrons. The predicted molar refractivity (Wildman–Crippen MR) is 82.3 cm³/mol. The number of likely N-dealkylation sites (tertiary alicyclic amines) is 1. The van der Waals surface area contributed by atoms with Crippen LogP contribution in [0.25, 0.3) is 0 Å². The molecule has 20 heavy (non-hydrogen) atoms. The minimum absolute atomic E-state index is 0.631. The molecule has 2 N–H and O–H groups in total. The van der Waals surface area contributed by atoms with Crippen molar-refractivity contribution in [1.82, 2.24) is 9.88 Å². The van der Waals surface area contributed by atoms with E-state index in [9.17, 15) is 0 Å². The van der Waals surface area contributed by atoms with Crippen molar-refractivity contribution >= 4 is 5.69 Å². The molecule has 0 amide bonds. The van der Waals surface area contributed by atoms with Crippen LogP contribution in [-0.2, 0) is 6.54 Å². The molecule has 0 radical (unpaired) electrons. The number of hydrogen-bond donors (Lipinski definition) is 1. The number of nitrogens with zero attached hydrogens (tertiary/aromatic N) is 2. The lowest BCUT2D eigenvalue weighted by atomic mass is 9.90. The molecular weight excluding hydrogens is 246 g/mol. The molecule has 1 fully saturated rings. The molecule has 1 saturated heterocycles. The third kappa shape index (κ3) is 3.17. The van der Waals surface area contributed by atoms with Gasteiger partial charge in [-0.3, -0.25) is 9.88 Å². The van der Waals surface area contributed by atoms with Gasteiger partial charge in [-0.1, -0.05) is 12.1 Å². The minimum atomic E-state index is 0.631. The first kappa shape index (κ1) is 13.1. The van der Waals surface area contributed by atoms with Gasteiger partial charge in [0.2, 0.25) is 0 Å². The van der Waals surface area contributed by atoms with Gasteiger partial charge in [0.05, 0.1) is 0 Å². The first-order valence-electron chi connectivity index (χ1n) is 7.28. The number of piperidine rings is 1. The third-order valence-electron chi connectivity index (χ3n) is 4.07. The van der Waals surface area contributed by atoms with E-state index in [0.29, 0.717) is 5.92 Å². The van der Waals surface area contributed by atoms with Crippen LogP contribution in [0.2, 0.25) is 0 Å². The fraction of sp³-hybridized carbons (Fsp3) is 0.353. The summed E-state index contributed by atoms with van der Waals surface area (Å²) < 4.78 is 0. The van der Waals surface area contributed by atoms with Crippen molar-refractivity contribution in [3.8, 4) is 0 Å². The fourth-order valence-corrected chi connectivity index (χ4v) is 2.99. The molecule has 0 saturated carbocycles. The molecule has 3 heteroatoms. The average Bonchev–Trinajstić information content (AvgIpc) is 2.49. The topological polar surface area (TPSA) is 42.1 Å². The normalized spacial score (nSPS) is 19.9. The Balaban J connectivity index is 1.66. The molecule has 2 aromatic rings. The second-order valence-electron chi connectivity index (χ2n) is 5.60. The van der Waals surface area contributed by atoms with Crippen LogP contribution in [0.5, 0.6) is 0 Å². The Morgan fingerprint density at radius 2 is 1.85 bits per heavy atom. The summed E-state index contributed by atoms with van der Waals surface area (Å²) in [5, 5.41) is 0. The summed E-state index contributed by atoms with van der Waals surface area (Å²) >= 11 is 0. The van der Waals surface area contributed by atoms with Crippen molar-refractivity contribution in [3.63, 3.8) is 0 Å². The van der Waals surface area contributed by atoms with Crippen LogP contribution < -0.4 is 5.73 Å². The summed E-state index contributed by atoms with van der Waals surface area (Å²) in [4.78, 5) is 6.62. The van der Waals surface area contributed by atoms with E-state index < -0.39 is 0 Å². The highest BCUT2D eigenvalue weighted by Crippen LogP contribution is 2.28. The third-order valence-corrected chi connectivity index (χ3v) is 4.07. The number of aromatic nitrogens is 1. The number of benzene rings is 1.